The third-order valence-corrected chi connectivity index (χ3v) is 3.38. The molecule has 0 saturated heterocycles. The molecule has 0 unspecified atom stereocenters. The Labute approximate surface area is 84.0 Å². The lowest BCUT2D eigenvalue weighted by Crippen LogP contribution is -2.36. The molecular formula is C9H10N2O2S. The molecule has 2 heterocycles. The molecule has 0 bridgehead atoms. The van der Waals surface area contributed by atoms with Crippen molar-refractivity contribution >= 4 is 21.6 Å². The van der Waals surface area contributed by atoms with E-state index in [0.29, 0.717) is 5.39 Å². The second-order valence-corrected chi connectivity index (χ2v) is 4.52. The summed E-state index contributed by atoms with van der Waals surface area (Å²) in [5, 5.41) is 0.622. The summed E-state index contributed by atoms with van der Waals surface area (Å²) in [5.41, 5.74) is -0.489. The van der Waals surface area contributed by atoms with Crippen LogP contribution in [0.15, 0.2) is 15.7 Å². The van der Waals surface area contributed by atoms with Crippen molar-refractivity contribution in [1.82, 2.24) is 9.13 Å². The maximum atomic E-state index is 11.7. The quantitative estimate of drug-likeness (QED) is 0.639. The van der Waals surface area contributed by atoms with Crippen molar-refractivity contribution in [2.24, 2.45) is 14.1 Å². The Hall–Kier alpha value is -1.36. The van der Waals surface area contributed by atoms with Gasteiger partial charge in [0.2, 0.25) is 0 Å². The molecule has 0 aromatic carbocycles. The first-order chi connectivity index (χ1) is 6.52. The minimum Gasteiger partial charge on any atom is -0.287 e. The zero-order chi connectivity index (χ0) is 10.5. The van der Waals surface area contributed by atoms with Gasteiger partial charge in [-0.25, -0.2) is 4.79 Å². The Balaban J connectivity index is 3.17. The fourth-order valence-electron chi connectivity index (χ4n) is 1.48. The van der Waals surface area contributed by atoms with Gasteiger partial charge in [-0.2, -0.15) is 0 Å². The highest BCUT2D eigenvalue weighted by Crippen LogP contribution is 2.19. The smallest absolute Gasteiger partial charge is 0.287 e. The molecule has 14 heavy (non-hydrogen) atoms. The Bertz CT molecular complexity index is 618. The molecule has 74 valence electrons. The van der Waals surface area contributed by atoms with Gasteiger partial charge in [-0.05, 0) is 13.0 Å². The van der Waals surface area contributed by atoms with Crippen molar-refractivity contribution in [1.29, 1.82) is 0 Å². The van der Waals surface area contributed by atoms with E-state index >= 15 is 0 Å². The van der Waals surface area contributed by atoms with Crippen LogP contribution in [0.4, 0.5) is 0 Å². The van der Waals surface area contributed by atoms with Gasteiger partial charge in [0.15, 0.2) is 0 Å². The topological polar surface area (TPSA) is 44.0 Å². The molecule has 0 N–H and O–H groups in total. The van der Waals surface area contributed by atoms with Crippen LogP contribution in [0.5, 0.6) is 0 Å². The van der Waals surface area contributed by atoms with Crippen molar-refractivity contribution in [2.45, 2.75) is 6.92 Å². The molecule has 0 amide bonds. The van der Waals surface area contributed by atoms with E-state index in [4.69, 9.17) is 0 Å². The fourth-order valence-corrected chi connectivity index (χ4v) is 2.44. The van der Waals surface area contributed by atoms with Gasteiger partial charge in [0.25, 0.3) is 5.56 Å². The maximum absolute atomic E-state index is 11.7. The summed E-state index contributed by atoms with van der Waals surface area (Å²) < 4.78 is 2.64. The zero-order valence-corrected chi connectivity index (χ0v) is 9.01. The zero-order valence-electron chi connectivity index (χ0n) is 8.20. The van der Waals surface area contributed by atoms with Crippen molar-refractivity contribution in [3.63, 3.8) is 0 Å². The van der Waals surface area contributed by atoms with Gasteiger partial charge in [0.1, 0.15) is 4.83 Å². The monoisotopic (exact) mass is 210 g/mol. The summed E-state index contributed by atoms with van der Waals surface area (Å²) >= 11 is 1.47. The highest BCUT2D eigenvalue weighted by molar-refractivity contribution is 7.18. The predicted octanol–water partition coefficient (Wildman–Crippen LogP) is 0.607. The van der Waals surface area contributed by atoms with E-state index in [-0.39, 0.29) is 11.2 Å². The summed E-state index contributed by atoms with van der Waals surface area (Å²) in [5.74, 6) is 0. The Kier molecular flexibility index (Phi) is 1.85. The van der Waals surface area contributed by atoms with E-state index in [9.17, 15) is 9.59 Å². The van der Waals surface area contributed by atoms with E-state index < -0.39 is 0 Å². The highest BCUT2D eigenvalue weighted by Gasteiger charge is 2.10. The Morgan fingerprint density at radius 3 is 2.50 bits per heavy atom. The van der Waals surface area contributed by atoms with Crippen LogP contribution in [0.3, 0.4) is 0 Å². The minimum atomic E-state index is -0.274. The number of thiophene rings is 1. The summed E-state index contributed by atoms with van der Waals surface area (Å²) in [6.07, 6.45) is 0. The number of hydrogen-bond donors (Lipinski definition) is 0. The Morgan fingerprint density at radius 1 is 1.21 bits per heavy atom. The fraction of sp³-hybridized carbons (Fsp3) is 0.333. The number of rotatable bonds is 0. The number of aromatic nitrogens is 2. The van der Waals surface area contributed by atoms with Crippen molar-refractivity contribution < 1.29 is 0 Å². The first-order valence-corrected chi connectivity index (χ1v) is 5.00. The molecule has 0 aliphatic carbocycles. The first kappa shape index (κ1) is 9.21. The van der Waals surface area contributed by atoms with E-state index in [0.717, 1.165) is 14.3 Å². The van der Waals surface area contributed by atoms with Crippen LogP contribution in [0.2, 0.25) is 0 Å². The maximum Gasteiger partial charge on any atom is 0.331 e. The van der Waals surface area contributed by atoms with Crippen molar-refractivity contribution in [3.8, 4) is 0 Å². The standard InChI is InChI=1S/C9H10N2O2S/c1-5-4-6-7(12)10(2)9(13)11(3)8(6)14-5/h4H,1-3H3. The summed E-state index contributed by atoms with van der Waals surface area (Å²) in [6, 6.07) is 1.82. The van der Waals surface area contributed by atoms with Crippen LogP contribution in [-0.2, 0) is 14.1 Å². The second kappa shape index (κ2) is 2.81. The van der Waals surface area contributed by atoms with E-state index in [1.807, 2.05) is 13.0 Å². The average molecular weight is 210 g/mol. The van der Waals surface area contributed by atoms with Gasteiger partial charge in [-0.15, -0.1) is 11.3 Å². The van der Waals surface area contributed by atoms with E-state index in [2.05, 4.69) is 0 Å². The molecule has 0 fully saturated rings. The predicted molar refractivity (Wildman–Crippen MR) is 57.0 cm³/mol. The first-order valence-electron chi connectivity index (χ1n) is 4.18. The van der Waals surface area contributed by atoms with Gasteiger partial charge in [0, 0.05) is 19.0 Å². The molecule has 0 radical (unpaired) electrons. The lowest BCUT2D eigenvalue weighted by molar-refractivity contribution is 0.717. The molecule has 0 atom stereocenters. The molecule has 0 aliphatic heterocycles. The van der Waals surface area contributed by atoms with Crippen LogP contribution in [0.1, 0.15) is 4.88 Å². The van der Waals surface area contributed by atoms with Crippen molar-refractivity contribution in [3.05, 3.63) is 31.8 Å². The average Bonchev–Trinajstić information content (AvgIpc) is 2.54. The van der Waals surface area contributed by atoms with Crippen LogP contribution in [0, 0.1) is 6.92 Å². The van der Waals surface area contributed by atoms with Crippen LogP contribution < -0.4 is 11.2 Å². The lowest BCUT2D eigenvalue weighted by Gasteiger charge is -2.01. The second-order valence-electron chi connectivity index (χ2n) is 3.28. The van der Waals surface area contributed by atoms with Crippen LogP contribution in [0.25, 0.3) is 10.2 Å². The molecule has 0 saturated carbocycles. The summed E-state index contributed by atoms with van der Waals surface area (Å²) in [4.78, 5) is 25.0. The Morgan fingerprint density at radius 2 is 1.86 bits per heavy atom. The normalized spacial score (nSPS) is 11.1. The molecule has 2 aromatic rings. The number of fused-ring (bicyclic) bond motifs is 1. The summed E-state index contributed by atoms with van der Waals surface area (Å²) in [6.45, 7) is 1.93. The highest BCUT2D eigenvalue weighted by atomic mass is 32.1. The van der Waals surface area contributed by atoms with Gasteiger partial charge >= 0.3 is 5.69 Å². The van der Waals surface area contributed by atoms with Crippen molar-refractivity contribution in [2.75, 3.05) is 0 Å². The largest absolute Gasteiger partial charge is 0.331 e. The van der Waals surface area contributed by atoms with Crippen LogP contribution >= 0.6 is 11.3 Å². The third kappa shape index (κ3) is 1.05. The van der Waals surface area contributed by atoms with Gasteiger partial charge in [-0.3, -0.25) is 13.9 Å². The molecule has 0 aliphatic rings. The van der Waals surface area contributed by atoms with Gasteiger partial charge in [0.05, 0.1) is 5.39 Å². The number of nitrogens with zero attached hydrogens (tertiary/aromatic N) is 2. The van der Waals surface area contributed by atoms with E-state index in [1.54, 1.807) is 7.05 Å². The van der Waals surface area contributed by atoms with Crippen LogP contribution in [-0.4, -0.2) is 9.13 Å². The van der Waals surface area contributed by atoms with E-state index in [1.165, 1.54) is 23.0 Å². The molecule has 0 spiro atoms. The van der Waals surface area contributed by atoms with Gasteiger partial charge in [-0.1, -0.05) is 0 Å². The molecule has 4 nitrogen and oxygen atoms in total. The van der Waals surface area contributed by atoms with Gasteiger partial charge < -0.3 is 0 Å². The molecular weight excluding hydrogens is 200 g/mol. The molecule has 2 aromatic heterocycles. The molecule has 5 heteroatoms. The summed E-state index contributed by atoms with van der Waals surface area (Å²) in [7, 11) is 3.18. The molecule has 2 rings (SSSR count). The SMILES string of the molecule is Cc1cc2c(=O)n(C)c(=O)n(C)c2s1. The lowest BCUT2D eigenvalue weighted by atomic mass is 10.4. The minimum absolute atomic E-state index is 0.215. The number of aryl methyl sites for hydroxylation is 2. The third-order valence-electron chi connectivity index (χ3n) is 2.25. The number of hydrogen-bond acceptors (Lipinski definition) is 3.